The number of halogens is 1. The number of aryl methyl sites for hydroxylation is 1. The summed E-state index contributed by atoms with van der Waals surface area (Å²) < 4.78 is 5.27. The maximum atomic E-state index is 12.4. The fourth-order valence-electron chi connectivity index (χ4n) is 2.03. The van der Waals surface area contributed by atoms with Crippen molar-refractivity contribution in [3.05, 3.63) is 29.3 Å². The Kier molecular flexibility index (Phi) is 6.06. The summed E-state index contributed by atoms with van der Waals surface area (Å²) in [5, 5.41) is 3.99. The van der Waals surface area contributed by atoms with Gasteiger partial charge in [0, 0.05) is 16.9 Å². The summed E-state index contributed by atoms with van der Waals surface area (Å²) in [5.41, 5.74) is 1.69. The fraction of sp³-hybridized carbons (Fsp3) is 0.562. The predicted octanol–water partition coefficient (Wildman–Crippen LogP) is 3.93. The van der Waals surface area contributed by atoms with Crippen LogP contribution in [-0.2, 0) is 0 Å². The van der Waals surface area contributed by atoms with E-state index in [1.807, 2.05) is 19.1 Å². The molecule has 4 heteroatoms. The lowest BCUT2D eigenvalue weighted by Gasteiger charge is -2.31. The van der Waals surface area contributed by atoms with Crippen LogP contribution in [0.1, 0.15) is 43.1 Å². The van der Waals surface area contributed by atoms with Crippen LogP contribution < -0.4 is 10.1 Å². The maximum absolute atomic E-state index is 12.4. The van der Waals surface area contributed by atoms with Crippen molar-refractivity contribution in [3.63, 3.8) is 0 Å². The molecule has 0 aromatic heterocycles. The second kappa shape index (κ2) is 7.11. The molecule has 112 valence electrons. The summed E-state index contributed by atoms with van der Waals surface area (Å²) in [6.45, 7) is 8.37. The van der Waals surface area contributed by atoms with E-state index in [4.69, 9.17) is 4.74 Å². The lowest BCUT2D eigenvalue weighted by molar-refractivity contribution is 0.0900. The standard InChI is InChI=1S/C16H24BrNO2/c1-11-6-7-12(10-13(11)20-5)15(19)18-14(8-9-17)16(2,3)4/h6-7,10,14H,8-9H2,1-5H3,(H,18,19). The topological polar surface area (TPSA) is 38.3 Å². The third-order valence-corrected chi connectivity index (χ3v) is 3.88. The molecule has 1 atom stereocenters. The molecule has 0 saturated heterocycles. The van der Waals surface area contributed by atoms with Crippen molar-refractivity contribution in [2.45, 2.75) is 40.2 Å². The van der Waals surface area contributed by atoms with Gasteiger partial charge in [-0.3, -0.25) is 4.79 Å². The molecule has 1 aromatic rings. The number of hydrogen-bond donors (Lipinski definition) is 1. The summed E-state index contributed by atoms with van der Waals surface area (Å²) in [4.78, 5) is 12.4. The Morgan fingerprint density at radius 3 is 2.55 bits per heavy atom. The molecule has 0 aliphatic carbocycles. The number of ether oxygens (including phenoxy) is 1. The lowest BCUT2D eigenvalue weighted by Crippen LogP contribution is -2.44. The van der Waals surface area contributed by atoms with E-state index in [2.05, 4.69) is 42.0 Å². The van der Waals surface area contributed by atoms with Crippen LogP contribution in [0.15, 0.2) is 18.2 Å². The SMILES string of the molecule is COc1cc(C(=O)NC(CCBr)C(C)(C)C)ccc1C. The van der Waals surface area contributed by atoms with Crippen LogP contribution in [0.3, 0.4) is 0 Å². The van der Waals surface area contributed by atoms with Crippen molar-refractivity contribution in [1.29, 1.82) is 0 Å². The minimum Gasteiger partial charge on any atom is -0.496 e. The van der Waals surface area contributed by atoms with E-state index in [1.54, 1.807) is 13.2 Å². The molecule has 1 aromatic carbocycles. The van der Waals surface area contributed by atoms with Gasteiger partial charge in [0.2, 0.25) is 0 Å². The number of carbonyl (C=O) groups excluding carboxylic acids is 1. The summed E-state index contributed by atoms with van der Waals surface area (Å²) >= 11 is 3.45. The minimum atomic E-state index is -0.0517. The smallest absolute Gasteiger partial charge is 0.251 e. The molecule has 0 radical (unpaired) electrons. The highest BCUT2D eigenvalue weighted by Gasteiger charge is 2.26. The van der Waals surface area contributed by atoms with Crippen molar-refractivity contribution in [2.75, 3.05) is 12.4 Å². The summed E-state index contributed by atoms with van der Waals surface area (Å²) in [6, 6.07) is 5.66. The van der Waals surface area contributed by atoms with Gasteiger partial charge >= 0.3 is 0 Å². The van der Waals surface area contributed by atoms with E-state index < -0.39 is 0 Å². The Balaban J connectivity index is 2.89. The summed E-state index contributed by atoms with van der Waals surface area (Å²) in [7, 11) is 1.62. The number of alkyl halides is 1. The monoisotopic (exact) mass is 341 g/mol. The zero-order chi connectivity index (χ0) is 15.3. The van der Waals surface area contributed by atoms with Gasteiger partial charge < -0.3 is 10.1 Å². The molecular formula is C16H24BrNO2. The van der Waals surface area contributed by atoms with Gasteiger partial charge in [-0.25, -0.2) is 0 Å². The molecule has 0 heterocycles. The average Bonchev–Trinajstić information content (AvgIpc) is 2.37. The van der Waals surface area contributed by atoms with E-state index in [1.165, 1.54) is 0 Å². The first-order valence-electron chi connectivity index (χ1n) is 6.81. The number of rotatable bonds is 5. The normalized spacial score (nSPS) is 12.9. The van der Waals surface area contributed by atoms with Crippen molar-refractivity contribution in [3.8, 4) is 5.75 Å². The molecule has 0 aliphatic heterocycles. The highest BCUT2D eigenvalue weighted by molar-refractivity contribution is 9.09. The zero-order valence-corrected chi connectivity index (χ0v) is 14.5. The lowest BCUT2D eigenvalue weighted by atomic mass is 9.85. The Hall–Kier alpha value is -1.03. The molecule has 0 bridgehead atoms. The molecule has 1 unspecified atom stereocenters. The number of carbonyl (C=O) groups is 1. The van der Waals surface area contributed by atoms with Gasteiger partial charge in [0.05, 0.1) is 7.11 Å². The highest BCUT2D eigenvalue weighted by Crippen LogP contribution is 2.24. The van der Waals surface area contributed by atoms with Gasteiger partial charge in [-0.2, -0.15) is 0 Å². The molecule has 3 nitrogen and oxygen atoms in total. The van der Waals surface area contributed by atoms with Crippen LogP contribution in [0.25, 0.3) is 0 Å². The predicted molar refractivity (Wildman–Crippen MR) is 86.9 cm³/mol. The first-order valence-corrected chi connectivity index (χ1v) is 7.93. The van der Waals surface area contributed by atoms with Crippen LogP contribution in [0.4, 0.5) is 0 Å². The third-order valence-electron chi connectivity index (χ3n) is 3.42. The van der Waals surface area contributed by atoms with E-state index >= 15 is 0 Å². The van der Waals surface area contributed by atoms with Crippen LogP contribution in [0.5, 0.6) is 5.75 Å². The molecule has 1 rings (SSSR count). The largest absolute Gasteiger partial charge is 0.496 e. The van der Waals surface area contributed by atoms with Crippen molar-refractivity contribution in [2.24, 2.45) is 5.41 Å². The number of amides is 1. The van der Waals surface area contributed by atoms with Crippen LogP contribution >= 0.6 is 15.9 Å². The van der Waals surface area contributed by atoms with Gasteiger partial charge in [-0.1, -0.05) is 42.8 Å². The molecule has 0 fully saturated rings. The quantitative estimate of drug-likeness (QED) is 0.824. The Morgan fingerprint density at radius 1 is 1.40 bits per heavy atom. The van der Waals surface area contributed by atoms with Gasteiger partial charge in [-0.05, 0) is 36.5 Å². The van der Waals surface area contributed by atoms with E-state index in [0.717, 1.165) is 23.1 Å². The Labute approximate surface area is 130 Å². The van der Waals surface area contributed by atoms with Gasteiger partial charge in [0.25, 0.3) is 5.91 Å². The molecule has 0 saturated carbocycles. The van der Waals surface area contributed by atoms with Gasteiger partial charge in [0.15, 0.2) is 0 Å². The third kappa shape index (κ3) is 4.51. The van der Waals surface area contributed by atoms with E-state index in [9.17, 15) is 4.79 Å². The molecule has 1 N–H and O–H groups in total. The number of nitrogens with one attached hydrogen (secondary N) is 1. The van der Waals surface area contributed by atoms with Gasteiger partial charge in [-0.15, -0.1) is 0 Å². The average molecular weight is 342 g/mol. The van der Waals surface area contributed by atoms with Crippen LogP contribution in [-0.4, -0.2) is 24.4 Å². The van der Waals surface area contributed by atoms with Crippen LogP contribution in [0.2, 0.25) is 0 Å². The Morgan fingerprint density at radius 2 is 2.05 bits per heavy atom. The summed E-state index contributed by atoms with van der Waals surface area (Å²) in [5.74, 6) is 0.689. The first kappa shape index (κ1) is 17.0. The molecule has 0 aliphatic rings. The fourth-order valence-corrected chi connectivity index (χ4v) is 2.49. The zero-order valence-electron chi connectivity index (χ0n) is 12.9. The number of hydrogen-bond acceptors (Lipinski definition) is 2. The molecule has 1 amide bonds. The van der Waals surface area contributed by atoms with Crippen LogP contribution in [0, 0.1) is 12.3 Å². The van der Waals surface area contributed by atoms with E-state index in [-0.39, 0.29) is 17.4 Å². The molecular weight excluding hydrogens is 318 g/mol. The molecule has 20 heavy (non-hydrogen) atoms. The van der Waals surface area contributed by atoms with Crippen molar-refractivity contribution >= 4 is 21.8 Å². The second-order valence-corrected chi connectivity index (χ2v) is 6.85. The first-order chi connectivity index (χ1) is 9.29. The highest BCUT2D eigenvalue weighted by atomic mass is 79.9. The van der Waals surface area contributed by atoms with Crippen molar-refractivity contribution in [1.82, 2.24) is 5.32 Å². The van der Waals surface area contributed by atoms with Gasteiger partial charge in [0.1, 0.15) is 5.75 Å². The molecule has 0 spiro atoms. The maximum Gasteiger partial charge on any atom is 0.251 e. The van der Waals surface area contributed by atoms with Crippen molar-refractivity contribution < 1.29 is 9.53 Å². The van der Waals surface area contributed by atoms with E-state index in [0.29, 0.717) is 5.56 Å². The minimum absolute atomic E-state index is 0.0260. The summed E-state index contributed by atoms with van der Waals surface area (Å²) in [6.07, 6.45) is 0.901. The Bertz CT molecular complexity index is 466. The number of methoxy groups -OCH3 is 1. The second-order valence-electron chi connectivity index (χ2n) is 6.05. The number of benzene rings is 1.